The number of nitrogens with one attached hydrogen (secondary N) is 1. The molecule has 0 bridgehead atoms. The molecule has 1 aromatic carbocycles. The number of rotatable bonds is 3. The summed E-state index contributed by atoms with van der Waals surface area (Å²) in [6.07, 6.45) is 0.732. The van der Waals surface area contributed by atoms with Gasteiger partial charge in [0.05, 0.1) is 4.90 Å². The Kier molecular flexibility index (Phi) is 4.04. The minimum Gasteiger partial charge on any atom is -0.314 e. The van der Waals surface area contributed by atoms with Gasteiger partial charge in [0.2, 0.25) is 10.0 Å². The number of sulfonamides is 1. The fraction of sp³-hybridized carbons (Fsp3) is 0.538. The molecule has 0 aromatic heterocycles. The molecule has 1 saturated heterocycles. The third kappa shape index (κ3) is 2.43. The van der Waals surface area contributed by atoms with Gasteiger partial charge in [-0.25, -0.2) is 8.42 Å². The molecule has 1 N–H and O–H groups in total. The molecule has 0 spiro atoms. The van der Waals surface area contributed by atoms with Crippen LogP contribution in [-0.2, 0) is 16.4 Å². The van der Waals surface area contributed by atoms with Gasteiger partial charge in [0.15, 0.2) is 0 Å². The molecule has 1 fully saturated rings. The third-order valence-electron chi connectivity index (χ3n) is 3.38. The summed E-state index contributed by atoms with van der Waals surface area (Å²) in [5, 5.41) is 3.21. The van der Waals surface area contributed by atoms with Crippen LogP contribution < -0.4 is 5.32 Å². The summed E-state index contributed by atoms with van der Waals surface area (Å²) in [5.41, 5.74) is 0.892. The first-order valence-corrected chi connectivity index (χ1v) is 7.82. The van der Waals surface area contributed by atoms with Gasteiger partial charge in [-0.05, 0) is 25.0 Å². The van der Waals surface area contributed by atoms with Gasteiger partial charge in [-0.2, -0.15) is 4.31 Å². The zero-order chi connectivity index (χ0) is 13.2. The van der Waals surface area contributed by atoms with E-state index in [4.69, 9.17) is 0 Å². The first kappa shape index (κ1) is 13.5. The molecule has 1 unspecified atom stereocenters. The highest BCUT2D eigenvalue weighted by Gasteiger charge is 2.31. The largest absolute Gasteiger partial charge is 0.314 e. The summed E-state index contributed by atoms with van der Waals surface area (Å²) < 4.78 is 27.0. The summed E-state index contributed by atoms with van der Waals surface area (Å²) in [6, 6.07) is 7.29. The van der Waals surface area contributed by atoms with Crippen LogP contribution in [0.4, 0.5) is 0 Å². The van der Waals surface area contributed by atoms with Crippen LogP contribution in [0.5, 0.6) is 0 Å². The number of hydrogen-bond acceptors (Lipinski definition) is 3. The molecule has 100 valence electrons. The van der Waals surface area contributed by atoms with Crippen molar-refractivity contribution in [1.82, 2.24) is 9.62 Å². The first-order valence-electron chi connectivity index (χ1n) is 6.38. The van der Waals surface area contributed by atoms with Crippen LogP contribution in [-0.4, -0.2) is 38.4 Å². The Morgan fingerprint density at radius 1 is 1.39 bits per heavy atom. The second-order valence-electron chi connectivity index (χ2n) is 4.63. The van der Waals surface area contributed by atoms with Crippen molar-refractivity contribution in [3.8, 4) is 0 Å². The minimum atomic E-state index is -3.36. The molecule has 1 aromatic rings. The zero-order valence-electron chi connectivity index (χ0n) is 10.9. The van der Waals surface area contributed by atoms with Crippen molar-refractivity contribution in [1.29, 1.82) is 0 Å². The molecule has 0 radical (unpaired) electrons. The fourth-order valence-corrected chi connectivity index (χ4v) is 4.28. The Morgan fingerprint density at radius 3 is 2.78 bits per heavy atom. The van der Waals surface area contributed by atoms with E-state index in [9.17, 15) is 8.42 Å². The maximum absolute atomic E-state index is 12.7. The molecular formula is C13H20N2O2S. The fourth-order valence-electron chi connectivity index (χ4n) is 2.35. The first-order chi connectivity index (χ1) is 8.57. The highest BCUT2D eigenvalue weighted by molar-refractivity contribution is 7.89. The second kappa shape index (κ2) is 5.38. The Labute approximate surface area is 109 Å². The predicted molar refractivity (Wildman–Crippen MR) is 72.0 cm³/mol. The summed E-state index contributed by atoms with van der Waals surface area (Å²) in [4.78, 5) is 0.459. The molecule has 1 heterocycles. The quantitative estimate of drug-likeness (QED) is 0.897. The lowest BCUT2D eigenvalue weighted by Gasteiger charge is -2.33. The highest BCUT2D eigenvalue weighted by atomic mass is 32.2. The zero-order valence-corrected chi connectivity index (χ0v) is 11.7. The number of piperazine rings is 1. The van der Waals surface area contributed by atoms with Gasteiger partial charge in [-0.15, -0.1) is 0 Å². The van der Waals surface area contributed by atoms with E-state index in [1.807, 2.05) is 26.0 Å². The van der Waals surface area contributed by atoms with Gasteiger partial charge in [-0.1, -0.05) is 25.1 Å². The van der Waals surface area contributed by atoms with E-state index < -0.39 is 10.0 Å². The number of hydrogen-bond donors (Lipinski definition) is 1. The summed E-state index contributed by atoms with van der Waals surface area (Å²) in [5.74, 6) is 0. The molecular weight excluding hydrogens is 248 g/mol. The average Bonchev–Trinajstić information content (AvgIpc) is 2.39. The van der Waals surface area contributed by atoms with Crippen LogP contribution in [0.25, 0.3) is 0 Å². The van der Waals surface area contributed by atoms with E-state index in [2.05, 4.69) is 5.32 Å². The van der Waals surface area contributed by atoms with Crippen molar-refractivity contribution in [3.05, 3.63) is 29.8 Å². The van der Waals surface area contributed by atoms with Gasteiger partial charge in [0.1, 0.15) is 0 Å². The Bertz CT molecular complexity index is 513. The van der Waals surface area contributed by atoms with E-state index in [0.717, 1.165) is 18.5 Å². The maximum atomic E-state index is 12.7. The molecule has 1 atom stereocenters. The number of nitrogens with zero attached hydrogens (tertiary/aromatic N) is 1. The Morgan fingerprint density at radius 2 is 2.11 bits per heavy atom. The topological polar surface area (TPSA) is 49.4 Å². The molecule has 18 heavy (non-hydrogen) atoms. The van der Waals surface area contributed by atoms with E-state index in [-0.39, 0.29) is 6.04 Å². The molecule has 1 aliphatic rings. The normalized spacial score (nSPS) is 22.0. The number of benzene rings is 1. The lowest BCUT2D eigenvalue weighted by atomic mass is 10.2. The Hall–Kier alpha value is -0.910. The molecule has 1 aliphatic heterocycles. The van der Waals surface area contributed by atoms with Crippen molar-refractivity contribution >= 4 is 10.0 Å². The van der Waals surface area contributed by atoms with Crippen LogP contribution in [0.2, 0.25) is 0 Å². The standard InChI is InChI=1S/C13H20N2O2S/c1-3-12-6-4-5-7-13(12)18(16,17)15-9-8-14-10-11(15)2/h4-7,11,14H,3,8-10H2,1-2H3. The van der Waals surface area contributed by atoms with Crippen molar-refractivity contribution in [2.45, 2.75) is 31.2 Å². The summed E-state index contributed by atoms with van der Waals surface area (Å²) in [7, 11) is -3.36. The molecule has 4 nitrogen and oxygen atoms in total. The average molecular weight is 268 g/mol. The summed E-state index contributed by atoms with van der Waals surface area (Å²) in [6.45, 7) is 5.90. The maximum Gasteiger partial charge on any atom is 0.243 e. The van der Waals surface area contributed by atoms with E-state index in [0.29, 0.717) is 18.0 Å². The molecule has 0 aliphatic carbocycles. The third-order valence-corrected chi connectivity index (χ3v) is 5.49. The highest BCUT2D eigenvalue weighted by Crippen LogP contribution is 2.23. The number of aryl methyl sites for hydroxylation is 1. The lowest BCUT2D eigenvalue weighted by Crippen LogP contribution is -2.52. The molecule has 0 amide bonds. The van der Waals surface area contributed by atoms with Crippen molar-refractivity contribution in [2.75, 3.05) is 19.6 Å². The molecule has 0 saturated carbocycles. The van der Waals surface area contributed by atoms with Crippen molar-refractivity contribution in [2.24, 2.45) is 0 Å². The van der Waals surface area contributed by atoms with E-state index in [1.54, 1.807) is 16.4 Å². The Balaban J connectivity index is 2.41. The lowest BCUT2D eigenvalue weighted by molar-refractivity contribution is 0.283. The monoisotopic (exact) mass is 268 g/mol. The molecule has 5 heteroatoms. The smallest absolute Gasteiger partial charge is 0.243 e. The summed E-state index contributed by atoms with van der Waals surface area (Å²) >= 11 is 0. The van der Waals surface area contributed by atoms with Crippen LogP contribution in [0.1, 0.15) is 19.4 Å². The second-order valence-corrected chi connectivity index (χ2v) is 6.49. The van der Waals surface area contributed by atoms with Crippen molar-refractivity contribution in [3.63, 3.8) is 0 Å². The van der Waals surface area contributed by atoms with Gasteiger partial charge < -0.3 is 5.32 Å². The van der Waals surface area contributed by atoms with E-state index in [1.165, 1.54) is 0 Å². The van der Waals surface area contributed by atoms with Crippen LogP contribution >= 0.6 is 0 Å². The van der Waals surface area contributed by atoms with Gasteiger partial charge in [0, 0.05) is 25.7 Å². The van der Waals surface area contributed by atoms with Gasteiger partial charge in [0.25, 0.3) is 0 Å². The molecule has 2 rings (SSSR count). The van der Waals surface area contributed by atoms with Gasteiger partial charge >= 0.3 is 0 Å². The van der Waals surface area contributed by atoms with Gasteiger partial charge in [-0.3, -0.25) is 0 Å². The van der Waals surface area contributed by atoms with E-state index >= 15 is 0 Å². The van der Waals surface area contributed by atoms with Crippen LogP contribution in [0.15, 0.2) is 29.2 Å². The van der Waals surface area contributed by atoms with Crippen LogP contribution in [0, 0.1) is 0 Å². The van der Waals surface area contributed by atoms with Crippen molar-refractivity contribution < 1.29 is 8.42 Å². The minimum absolute atomic E-state index is 0.00802. The van der Waals surface area contributed by atoms with Crippen LogP contribution in [0.3, 0.4) is 0 Å². The predicted octanol–water partition coefficient (Wildman–Crippen LogP) is 1.23. The SMILES string of the molecule is CCc1ccccc1S(=O)(=O)N1CCNCC1C.